The lowest BCUT2D eigenvalue weighted by molar-refractivity contribution is -0.144. The van der Waals surface area contributed by atoms with Crippen molar-refractivity contribution in [3.8, 4) is 0 Å². The van der Waals surface area contributed by atoms with E-state index in [0.717, 1.165) is 116 Å². The van der Waals surface area contributed by atoms with Gasteiger partial charge in [-0.2, -0.15) is 0 Å². The van der Waals surface area contributed by atoms with Crippen molar-refractivity contribution in [2.75, 3.05) is 13.2 Å². The standard InChI is InChI=1S/C117H226O8/c1-5-9-13-17-21-25-29-33-37-41-43-45-47-51-55-59-63-67-71-93-109-124-113(122)97-81-75-89-105-117(106-90-76-82-98-114(123)125-110-94-72-68-64-60-56-52-48-46-44-42-38-34-30-26-22-18-14-10-6-2)108-92-78-86-102-115(99-83-69-65-61-57-53-49-39-35-31-27-23-19-15-11-7-3,100-84-70-66-62-58-54-50-40-36-32-28-24-20-16-12-8-4)101-85-77-91-107-116(117,103-87-73-79-95-111(118)119)104-88-74-80-96-112(120)121/h5-110H2,1-4H3,(H,118,119)(H,120,121). The summed E-state index contributed by atoms with van der Waals surface area (Å²) in [4.78, 5) is 51.1. The Labute approximate surface area is 783 Å². The molecule has 0 saturated heterocycles. The molecule has 742 valence electrons. The topological polar surface area (TPSA) is 127 Å². The quantitative estimate of drug-likeness (QED) is 0.0455. The molecule has 0 spiro atoms. The zero-order valence-corrected chi connectivity index (χ0v) is 85.8. The van der Waals surface area contributed by atoms with Crippen LogP contribution in [0.5, 0.6) is 0 Å². The van der Waals surface area contributed by atoms with E-state index < -0.39 is 11.9 Å². The number of unbranched alkanes of at least 4 members (excludes halogenated alkanes) is 76. The van der Waals surface area contributed by atoms with Gasteiger partial charge in [0, 0.05) is 25.7 Å². The molecule has 1 saturated carbocycles. The molecular weight excluding hydrogens is 1530 g/mol. The highest BCUT2D eigenvalue weighted by atomic mass is 16.5. The second-order valence-electron chi connectivity index (χ2n) is 42.2. The normalized spacial score (nSPS) is 14.3. The Hall–Kier alpha value is -2.12. The van der Waals surface area contributed by atoms with E-state index in [-0.39, 0.29) is 35.6 Å². The van der Waals surface area contributed by atoms with Gasteiger partial charge in [-0.1, -0.05) is 567 Å². The minimum atomic E-state index is -0.699. The lowest BCUT2D eigenvalue weighted by Crippen LogP contribution is -2.43. The number of ether oxygens (including phenoxy) is 2. The lowest BCUT2D eigenvalue weighted by atomic mass is 9.51. The van der Waals surface area contributed by atoms with Crippen LogP contribution in [0, 0.1) is 16.2 Å². The summed E-state index contributed by atoms with van der Waals surface area (Å²) in [5.41, 5.74) is 0.528. The molecule has 0 atom stereocenters. The Balaban J connectivity index is 3.32. The first kappa shape index (κ1) is 121. The number of carbonyl (C=O) groups is 4. The number of carbonyl (C=O) groups excluding carboxylic acids is 2. The molecule has 1 aliphatic carbocycles. The van der Waals surface area contributed by atoms with Gasteiger partial charge in [0.2, 0.25) is 0 Å². The Kier molecular flexibility index (Phi) is 93.3. The summed E-state index contributed by atoms with van der Waals surface area (Å²) >= 11 is 0. The summed E-state index contributed by atoms with van der Waals surface area (Å²) in [6, 6.07) is 0. The number of hydrogen-bond acceptors (Lipinski definition) is 6. The van der Waals surface area contributed by atoms with E-state index in [1.165, 1.54) is 514 Å². The molecule has 0 aliphatic heterocycles. The summed E-state index contributed by atoms with van der Waals surface area (Å²) in [5.74, 6) is -1.46. The molecule has 0 aromatic rings. The molecule has 8 heteroatoms. The number of carboxylic acid groups (broad SMARTS) is 2. The fraction of sp³-hybridized carbons (Fsp3) is 0.966. The van der Waals surface area contributed by atoms with Gasteiger partial charge in [-0.05, 0) is 119 Å². The second-order valence-corrected chi connectivity index (χ2v) is 42.2. The number of esters is 2. The molecule has 1 rings (SSSR count). The van der Waals surface area contributed by atoms with Crippen molar-refractivity contribution in [2.24, 2.45) is 16.2 Å². The highest BCUT2D eigenvalue weighted by Crippen LogP contribution is 2.60. The van der Waals surface area contributed by atoms with E-state index in [1.807, 2.05) is 0 Å². The Bertz CT molecular complexity index is 2060. The van der Waals surface area contributed by atoms with Crippen LogP contribution >= 0.6 is 0 Å². The molecule has 0 bridgehead atoms. The zero-order valence-electron chi connectivity index (χ0n) is 85.8. The average molecular weight is 1760 g/mol. The predicted molar refractivity (Wildman–Crippen MR) is 547 cm³/mol. The number of rotatable bonds is 100. The summed E-state index contributed by atoms with van der Waals surface area (Å²) in [6.45, 7) is 10.3. The van der Waals surface area contributed by atoms with Gasteiger partial charge >= 0.3 is 23.9 Å². The maximum atomic E-state index is 13.5. The molecule has 0 amide bonds. The van der Waals surface area contributed by atoms with Crippen molar-refractivity contribution in [1.29, 1.82) is 0 Å². The van der Waals surface area contributed by atoms with Crippen LogP contribution in [-0.2, 0) is 28.7 Å². The summed E-state index contributed by atoms with van der Waals surface area (Å²) in [7, 11) is 0. The first-order valence-corrected chi connectivity index (χ1v) is 58.3. The van der Waals surface area contributed by atoms with Crippen LogP contribution in [0.4, 0.5) is 0 Å². The van der Waals surface area contributed by atoms with E-state index in [0.29, 0.717) is 44.3 Å². The van der Waals surface area contributed by atoms with Gasteiger partial charge in [-0.25, -0.2) is 0 Å². The molecule has 0 radical (unpaired) electrons. The van der Waals surface area contributed by atoms with E-state index in [1.54, 1.807) is 0 Å². The van der Waals surface area contributed by atoms with Gasteiger partial charge in [-0.3, -0.25) is 19.2 Å². The smallest absolute Gasteiger partial charge is 0.305 e. The monoisotopic (exact) mass is 1760 g/mol. The fourth-order valence-corrected chi connectivity index (χ4v) is 22.4. The fourth-order valence-electron chi connectivity index (χ4n) is 22.4. The molecule has 1 fully saturated rings. The van der Waals surface area contributed by atoms with Gasteiger partial charge in [-0.15, -0.1) is 0 Å². The third kappa shape index (κ3) is 81.2. The number of hydrogen-bond donors (Lipinski definition) is 2. The molecule has 0 aromatic carbocycles. The van der Waals surface area contributed by atoms with Crippen molar-refractivity contribution in [2.45, 2.75) is 695 Å². The molecule has 0 heterocycles. The highest BCUT2D eigenvalue weighted by Gasteiger charge is 2.48. The molecule has 0 unspecified atom stereocenters. The molecular formula is C117H226O8. The minimum Gasteiger partial charge on any atom is -0.481 e. The van der Waals surface area contributed by atoms with Crippen LogP contribution in [0.2, 0.25) is 0 Å². The van der Waals surface area contributed by atoms with Crippen molar-refractivity contribution in [3.63, 3.8) is 0 Å². The molecule has 8 nitrogen and oxygen atoms in total. The van der Waals surface area contributed by atoms with Gasteiger partial charge in [0.05, 0.1) is 13.2 Å². The third-order valence-electron chi connectivity index (χ3n) is 30.7. The molecule has 0 aromatic heterocycles. The Morgan fingerprint density at radius 1 is 0.184 bits per heavy atom. The van der Waals surface area contributed by atoms with Crippen LogP contribution in [0.15, 0.2) is 0 Å². The van der Waals surface area contributed by atoms with Gasteiger partial charge < -0.3 is 19.7 Å². The molecule has 2 N–H and O–H groups in total. The second kappa shape index (κ2) is 96.5. The van der Waals surface area contributed by atoms with Gasteiger partial charge in [0.25, 0.3) is 0 Å². The van der Waals surface area contributed by atoms with E-state index in [2.05, 4.69) is 27.7 Å². The maximum Gasteiger partial charge on any atom is 0.305 e. The predicted octanol–water partition coefficient (Wildman–Crippen LogP) is 40.9. The number of carboxylic acids is 2. The van der Waals surface area contributed by atoms with Crippen LogP contribution in [0.25, 0.3) is 0 Å². The first-order valence-electron chi connectivity index (χ1n) is 58.3. The SMILES string of the molecule is CCCCCCCCCCCCCCCCCCCCCCOC(=O)CCCCCC1(CCCCCC(=O)OCCCCCCCCCCCCCCCCCCCCCC)CCCCCC(CCCCCCCCCCCCCCCCCC)(CCCCCCCCCCCCCCCCCC)CCCCCC1(CCCCCC(=O)O)CCCCCC(=O)O. The zero-order chi connectivity index (χ0) is 90.2. The van der Waals surface area contributed by atoms with Crippen molar-refractivity contribution < 1.29 is 38.9 Å². The Morgan fingerprint density at radius 3 is 0.544 bits per heavy atom. The highest BCUT2D eigenvalue weighted by molar-refractivity contribution is 5.69. The van der Waals surface area contributed by atoms with Gasteiger partial charge in [0.15, 0.2) is 0 Å². The average Bonchev–Trinajstić information content (AvgIpc) is 1.29. The van der Waals surface area contributed by atoms with Crippen LogP contribution in [0.1, 0.15) is 695 Å². The van der Waals surface area contributed by atoms with Crippen LogP contribution < -0.4 is 0 Å². The van der Waals surface area contributed by atoms with E-state index >= 15 is 0 Å². The van der Waals surface area contributed by atoms with E-state index in [4.69, 9.17) is 9.47 Å². The van der Waals surface area contributed by atoms with Crippen molar-refractivity contribution in [3.05, 3.63) is 0 Å². The summed E-state index contributed by atoms with van der Waals surface area (Å²) < 4.78 is 11.9. The van der Waals surface area contributed by atoms with E-state index in [9.17, 15) is 29.4 Å². The van der Waals surface area contributed by atoms with Crippen LogP contribution in [0.3, 0.4) is 0 Å². The van der Waals surface area contributed by atoms with Crippen molar-refractivity contribution in [1.82, 2.24) is 0 Å². The lowest BCUT2D eigenvalue weighted by Gasteiger charge is -2.53. The Morgan fingerprint density at radius 2 is 0.344 bits per heavy atom. The molecule has 1 aliphatic rings. The number of aliphatic carboxylic acids is 2. The minimum absolute atomic E-state index is 0.0309. The maximum absolute atomic E-state index is 13.5. The first-order chi connectivity index (χ1) is 61.5. The van der Waals surface area contributed by atoms with Crippen LogP contribution in [-0.4, -0.2) is 47.3 Å². The van der Waals surface area contributed by atoms with Crippen molar-refractivity contribution >= 4 is 23.9 Å². The largest absolute Gasteiger partial charge is 0.481 e. The summed E-state index contributed by atoms with van der Waals surface area (Å²) in [6.07, 6.45) is 132. The van der Waals surface area contributed by atoms with Gasteiger partial charge in [0.1, 0.15) is 0 Å². The summed E-state index contributed by atoms with van der Waals surface area (Å²) in [5, 5.41) is 19.8. The molecule has 125 heavy (non-hydrogen) atoms. The third-order valence-corrected chi connectivity index (χ3v) is 30.7.